The first-order valence-corrected chi connectivity index (χ1v) is 6.51. The number of hydrogen-bond acceptors (Lipinski definition) is 2. The molecule has 1 aliphatic carbocycles. The molecule has 20 heavy (non-hydrogen) atoms. The number of anilines is 1. The van der Waals surface area contributed by atoms with Crippen LogP contribution in [0.2, 0.25) is 0 Å². The van der Waals surface area contributed by atoms with Crippen LogP contribution in [0.25, 0.3) is 0 Å². The minimum Gasteiger partial charge on any atom is -0.387 e. The van der Waals surface area contributed by atoms with Crippen molar-refractivity contribution in [2.24, 2.45) is 5.92 Å². The van der Waals surface area contributed by atoms with E-state index in [4.69, 9.17) is 0 Å². The van der Waals surface area contributed by atoms with Crippen molar-refractivity contribution in [3.8, 4) is 0 Å². The number of amides is 1. The average Bonchev–Trinajstić information content (AvgIpc) is 2.34. The molecule has 0 bridgehead atoms. The van der Waals surface area contributed by atoms with Gasteiger partial charge in [-0.2, -0.15) is 13.2 Å². The van der Waals surface area contributed by atoms with E-state index in [0.717, 1.165) is 18.9 Å². The molecule has 1 fully saturated rings. The Balaban J connectivity index is 2.24. The van der Waals surface area contributed by atoms with Gasteiger partial charge in [-0.25, -0.2) is 0 Å². The molecule has 0 aromatic heterocycles. The van der Waals surface area contributed by atoms with Crippen LogP contribution in [0.5, 0.6) is 0 Å². The molecule has 0 unspecified atom stereocenters. The van der Waals surface area contributed by atoms with E-state index in [-0.39, 0.29) is 17.3 Å². The number of alkyl halides is 3. The minimum atomic E-state index is -4.49. The van der Waals surface area contributed by atoms with E-state index in [9.17, 15) is 18.0 Å². The smallest absolute Gasteiger partial charge is 0.387 e. The van der Waals surface area contributed by atoms with Gasteiger partial charge in [0.1, 0.15) is 0 Å². The van der Waals surface area contributed by atoms with Crippen LogP contribution < -0.4 is 10.6 Å². The molecular weight excluding hydrogens is 269 g/mol. The van der Waals surface area contributed by atoms with Crippen molar-refractivity contribution in [2.45, 2.75) is 32.0 Å². The number of carbonyl (C=O) groups excluding carboxylic acids is 1. The highest BCUT2D eigenvalue weighted by Crippen LogP contribution is 2.36. The van der Waals surface area contributed by atoms with Crippen molar-refractivity contribution < 1.29 is 18.0 Å². The van der Waals surface area contributed by atoms with Crippen LogP contribution in [-0.4, -0.2) is 19.0 Å². The summed E-state index contributed by atoms with van der Waals surface area (Å²) in [5.74, 6) is 0.0999. The number of para-hydroxylation sites is 1. The Labute approximate surface area is 115 Å². The predicted octanol–water partition coefficient (Wildman–Crippen LogP) is 3.28. The standard InChI is InChI=1S/C14H17F3N2O/c1-8-6-9(7-8)19-13(20)10-4-3-5-11(12(10)18-2)14(15,16)17/h3-5,8-9,18H,6-7H2,1-2H3,(H,19,20). The molecule has 0 heterocycles. The van der Waals surface area contributed by atoms with E-state index >= 15 is 0 Å². The molecular formula is C14H17F3N2O. The lowest BCUT2D eigenvalue weighted by molar-refractivity contribution is -0.136. The molecule has 0 saturated heterocycles. The van der Waals surface area contributed by atoms with Gasteiger partial charge in [0.25, 0.3) is 5.91 Å². The Morgan fingerprint density at radius 1 is 1.30 bits per heavy atom. The number of rotatable bonds is 3. The molecule has 0 aliphatic heterocycles. The molecule has 1 amide bonds. The highest BCUT2D eigenvalue weighted by atomic mass is 19.4. The molecule has 1 saturated carbocycles. The maximum Gasteiger partial charge on any atom is 0.418 e. The summed E-state index contributed by atoms with van der Waals surface area (Å²) in [5, 5.41) is 5.26. The molecule has 110 valence electrons. The summed E-state index contributed by atoms with van der Waals surface area (Å²) in [7, 11) is 1.38. The lowest BCUT2D eigenvalue weighted by Gasteiger charge is -2.33. The molecule has 1 aromatic carbocycles. The fourth-order valence-electron chi connectivity index (χ4n) is 2.53. The van der Waals surface area contributed by atoms with Crippen molar-refractivity contribution in [3.63, 3.8) is 0 Å². The molecule has 0 atom stereocenters. The van der Waals surface area contributed by atoms with Gasteiger partial charge in [0.15, 0.2) is 0 Å². The second-order valence-electron chi connectivity index (χ2n) is 5.22. The quantitative estimate of drug-likeness (QED) is 0.895. The van der Waals surface area contributed by atoms with E-state index in [2.05, 4.69) is 17.6 Å². The van der Waals surface area contributed by atoms with Crippen LogP contribution in [0.15, 0.2) is 18.2 Å². The van der Waals surface area contributed by atoms with Crippen molar-refractivity contribution >= 4 is 11.6 Å². The molecule has 2 N–H and O–H groups in total. The largest absolute Gasteiger partial charge is 0.418 e. The van der Waals surface area contributed by atoms with Crippen molar-refractivity contribution in [1.29, 1.82) is 0 Å². The van der Waals surface area contributed by atoms with Gasteiger partial charge in [0.05, 0.1) is 16.8 Å². The summed E-state index contributed by atoms with van der Waals surface area (Å²) in [6, 6.07) is 3.69. The number of halogens is 3. The Bertz CT molecular complexity index is 508. The summed E-state index contributed by atoms with van der Waals surface area (Å²) < 4.78 is 38.7. The first-order valence-electron chi connectivity index (χ1n) is 6.51. The zero-order chi connectivity index (χ0) is 14.9. The van der Waals surface area contributed by atoms with Crippen LogP contribution in [0.1, 0.15) is 35.7 Å². The van der Waals surface area contributed by atoms with Gasteiger partial charge in [0.2, 0.25) is 0 Å². The van der Waals surface area contributed by atoms with Crippen molar-refractivity contribution in [1.82, 2.24) is 5.32 Å². The van der Waals surface area contributed by atoms with Crippen molar-refractivity contribution in [2.75, 3.05) is 12.4 Å². The normalized spacial score (nSPS) is 22.1. The van der Waals surface area contributed by atoms with E-state index in [1.807, 2.05) is 0 Å². The van der Waals surface area contributed by atoms with E-state index < -0.39 is 17.6 Å². The molecule has 2 rings (SSSR count). The summed E-state index contributed by atoms with van der Waals surface area (Å²) in [6.07, 6.45) is -2.74. The summed E-state index contributed by atoms with van der Waals surface area (Å²) in [4.78, 5) is 12.1. The molecule has 1 aromatic rings. The Morgan fingerprint density at radius 2 is 1.95 bits per heavy atom. The van der Waals surface area contributed by atoms with Crippen LogP contribution in [-0.2, 0) is 6.18 Å². The monoisotopic (exact) mass is 286 g/mol. The number of benzene rings is 1. The highest BCUT2D eigenvalue weighted by molar-refractivity contribution is 6.00. The fourth-order valence-corrected chi connectivity index (χ4v) is 2.53. The van der Waals surface area contributed by atoms with Crippen molar-refractivity contribution in [3.05, 3.63) is 29.3 Å². The number of hydrogen-bond donors (Lipinski definition) is 2. The third-order valence-electron chi connectivity index (χ3n) is 3.57. The third kappa shape index (κ3) is 2.89. The topological polar surface area (TPSA) is 41.1 Å². The minimum absolute atomic E-state index is 0.0295. The molecule has 1 aliphatic rings. The van der Waals surface area contributed by atoms with Gasteiger partial charge in [-0.3, -0.25) is 4.79 Å². The van der Waals surface area contributed by atoms with Crippen LogP contribution >= 0.6 is 0 Å². The Morgan fingerprint density at radius 3 is 2.45 bits per heavy atom. The summed E-state index contributed by atoms with van der Waals surface area (Å²) >= 11 is 0. The fraction of sp³-hybridized carbons (Fsp3) is 0.500. The third-order valence-corrected chi connectivity index (χ3v) is 3.57. The van der Waals surface area contributed by atoms with Gasteiger partial charge in [-0.15, -0.1) is 0 Å². The zero-order valence-corrected chi connectivity index (χ0v) is 11.3. The SMILES string of the molecule is CNc1c(C(=O)NC2CC(C)C2)cccc1C(F)(F)F. The Kier molecular flexibility index (Phi) is 3.92. The first-order chi connectivity index (χ1) is 9.32. The Hall–Kier alpha value is -1.72. The maximum absolute atomic E-state index is 12.9. The highest BCUT2D eigenvalue weighted by Gasteiger charge is 2.35. The lowest BCUT2D eigenvalue weighted by atomic mass is 9.82. The molecule has 0 spiro atoms. The van der Waals surface area contributed by atoms with Gasteiger partial charge < -0.3 is 10.6 Å². The maximum atomic E-state index is 12.9. The predicted molar refractivity (Wildman–Crippen MR) is 70.6 cm³/mol. The van der Waals surface area contributed by atoms with Gasteiger partial charge in [-0.05, 0) is 30.9 Å². The molecule has 0 radical (unpaired) electrons. The van der Waals surface area contributed by atoms with Crippen LogP contribution in [0.4, 0.5) is 18.9 Å². The van der Waals surface area contributed by atoms with E-state index in [1.165, 1.54) is 19.2 Å². The van der Waals surface area contributed by atoms with E-state index in [0.29, 0.717) is 5.92 Å². The second-order valence-corrected chi connectivity index (χ2v) is 5.22. The number of carbonyl (C=O) groups is 1. The molecule has 6 heteroatoms. The lowest BCUT2D eigenvalue weighted by Crippen LogP contribution is -2.43. The van der Waals surface area contributed by atoms with Gasteiger partial charge >= 0.3 is 6.18 Å². The average molecular weight is 286 g/mol. The number of nitrogens with one attached hydrogen (secondary N) is 2. The van der Waals surface area contributed by atoms with Crippen LogP contribution in [0.3, 0.4) is 0 Å². The van der Waals surface area contributed by atoms with Gasteiger partial charge in [-0.1, -0.05) is 13.0 Å². The van der Waals surface area contributed by atoms with Crippen LogP contribution in [0, 0.1) is 5.92 Å². The summed E-state index contributed by atoms with van der Waals surface area (Å²) in [5.41, 5.74) is -0.971. The van der Waals surface area contributed by atoms with E-state index in [1.54, 1.807) is 0 Å². The van der Waals surface area contributed by atoms with Gasteiger partial charge in [0, 0.05) is 13.1 Å². The first kappa shape index (κ1) is 14.7. The second kappa shape index (κ2) is 5.34. The molecule has 3 nitrogen and oxygen atoms in total. The summed E-state index contributed by atoms with van der Waals surface area (Å²) in [6.45, 7) is 2.08. The zero-order valence-electron chi connectivity index (χ0n) is 11.3.